The standard InChI is InChI=1S/C24H20N4O3S/c1-24-19(22-26-21(28-31-22)14-7-10-15(29-2)11-8-14)20(25-23(32)27-24)18-16-6-4-3-5-13(16)9-12-17(18)30-24/h3-12,19-20H,1-2H3,(H2,25,27,32)/t19-,20+,24-/m0/s1. The van der Waals surface area contributed by atoms with Gasteiger partial charge in [-0.05, 0) is 60.2 Å². The maximum atomic E-state index is 6.50. The average molecular weight is 445 g/mol. The lowest BCUT2D eigenvalue weighted by molar-refractivity contribution is -0.00961. The molecular formula is C24H20N4O3S. The quantitative estimate of drug-likeness (QED) is 0.453. The Morgan fingerprint density at radius 2 is 1.88 bits per heavy atom. The molecule has 3 heterocycles. The van der Waals surface area contributed by atoms with E-state index in [1.54, 1.807) is 7.11 Å². The van der Waals surface area contributed by atoms with E-state index in [0.29, 0.717) is 16.8 Å². The Morgan fingerprint density at radius 1 is 1.06 bits per heavy atom. The number of ether oxygens (including phenoxy) is 2. The number of thiocarbonyl (C=S) groups is 1. The van der Waals surface area contributed by atoms with Crippen molar-refractivity contribution >= 4 is 28.1 Å². The molecule has 4 aromatic rings. The number of nitrogens with zero attached hydrogens (tertiary/aromatic N) is 2. The van der Waals surface area contributed by atoms with Crippen LogP contribution >= 0.6 is 12.2 Å². The molecule has 8 heteroatoms. The summed E-state index contributed by atoms with van der Waals surface area (Å²) in [7, 11) is 1.63. The minimum atomic E-state index is -0.841. The Labute approximate surface area is 189 Å². The molecule has 0 unspecified atom stereocenters. The highest BCUT2D eigenvalue weighted by molar-refractivity contribution is 7.80. The van der Waals surface area contributed by atoms with Crippen LogP contribution < -0.4 is 20.1 Å². The SMILES string of the molecule is COc1ccc(-c2noc([C@@H]3[C@@H]4NC(=S)N[C@@]3(C)Oc3ccc5ccccc5c34)n2)cc1. The van der Waals surface area contributed by atoms with Crippen LogP contribution in [-0.2, 0) is 0 Å². The van der Waals surface area contributed by atoms with Gasteiger partial charge in [-0.1, -0.05) is 35.5 Å². The van der Waals surface area contributed by atoms with Gasteiger partial charge in [-0.2, -0.15) is 4.98 Å². The van der Waals surface area contributed by atoms with Crippen molar-refractivity contribution in [3.63, 3.8) is 0 Å². The molecule has 1 saturated heterocycles. The average Bonchev–Trinajstić information content (AvgIpc) is 3.27. The Kier molecular flexibility index (Phi) is 4.13. The zero-order chi connectivity index (χ0) is 21.9. The largest absolute Gasteiger partial charge is 0.497 e. The van der Waals surface area contributed by atoms with Gasteiger partial charge < -0.3 is 24.6 Å². The van der Waals surface area contributed by atoms with Gasteiger partial charge in [0.2, 0.25) is 11.7 Å². The predicted octanol–water partition coefficient (Wildman–Crippen LogP) is 4.31. The molecule has 6 rings (SSSR count). The lowest BCUT2D eigenvalue weighted by atomic mass is 9.79. The number of methoxy groups -OCH3 is 1. The number of hydrogen-bond acceptors (Lipinski definition) is 6. The number of hydrogen-bond donors (Lipinski definition) is 2. The van der Waals surface area contributed by atoms with E-state index >= 15 is 0 Å². The first-order chi connectivity index (χ1) is 15.6. The normalized spacial score (nSPS) is 23.6. The first-order valence-electron chi connectivity index (χ1n) is 10.3. The van der Waals surface area contributed by atoms with Crippen LogP contribution in [0.2, 0.25) is 0 Å². The molecule has 3 atom stereocenters. The second kappa shape index (κ2) is 6.93. The summed E-state index contributed by atoms with van der Waals surface area (Å²) in [5.74, 6) is 2.27. The monoisotopic (exact) mass is 444 g/mol. The Balaban J connectivity index is 1.48. The third-order valence-electron chi connectivity index (χ3n) is 6.19. The number of benzene rings is 3. The molecule has 0 spiro atoms. The van der Waals surface area contributed by atoms with Gasteiger partial charge in [0.05, 0.1) is 13.2 Å². The van der Waals surface area contributed by atoms with Gasteiger partial charge in [0.1, 0.15) is 17.4 Å². The fourth-order valence-electron chi connectivity index (χ4n) is 4.72. The highest BCUT2D eigenvalue weighted by atomic mass is 32.1. The number of rotatable bonds is 3. The van der Waals surface area contributed by atoms with E-state index in [1.165, 1.54) is 0 Å². The summed E-state index contributed by atoms with van der Waals surface area (Å²) in [6.07, 6.45) is 0. The van der Waals surface area contributed by atoms with Crippen LogP contribution in [0.5, 0.6) is 11.5 Å². The zero-order valence-corrected chi connectivity index (χ0v) is 18.3. The molecule has 2 N–H and O–H groups in total. The highest BCUT2D eigenvalue weighted by Gasteiger charge is 2.55. The fraction of sp³-hybridized carbons (Fsp3) is 0.208. The van der Waals surface area contributed by atoms with Crippen molar-refractivity contribution in [2.75, 3.05) is 7.11 Å². The van der Waals surface area contributed by atoms with Crippen LogP contribution in [-0.4, -0.2) is 28.1 Å². The fourth-order valence-corrected chi connectivity index (χ4v) is 5.05. The van der Waals surface area contributed by atoms with Crippen molar-refractivity contribution in [2.24, 2.45) is 0 Å². The molecule has 0 aliphatic carbocycles. The molecule has 160 valence electrons. The number of aromatic nitrogens is 2. The third kappa shape index (κ3) is 2.83. The molecule has 2 aliphatic rings. The van der Waals surface area contributed by atoms with Crippen molar-refractivity contribution < 1.29 is 14.0 Å². The van der Waals surface area contributed by atoms with Gasteiger partial charge in [-0.3, -0.25) is 0 Å². The number of nitrogens with one attached hydrogen (secondary N) is 2. The molecule has 2 aliphatic heterocycles. The third-order valence-corrected chi connectivity index (χ3v) is 6.41. The van der Waals surface area contributed by atoms with Gasteiger partial charge in [0, 0.05) is 11.1 Å². The summed E-state index contributed by atoms with van der Waals surface area (Å²) >= 11 is 5.51. The molecule has 3 aromatic carbocycles. The minimum absolute atomic E-state index is 0.187. The molecule has 1 fully saturated rings. The second-order valence-electron chi connectivity index (χ2n) is 8.15. The lowest BCUT2D eigenvalue weighted by Gasteiger charge is -2.50. The van der Waals surface area contributed by atoms with E-state index < -0.39 is 5.72 Å². The molecule has 0 radical (unpaired) electrons. The van der Waals surface area contributed by atoms with Crippen LogP contribution in [0.15, 0.2) is 65.2 Å². The Morgan fingerprint density at radius 3 is 2.69 bits per heavy atom. The first-order valence-corrected chi connectivity index (χ1v) is 10.7. The molecule has 0 saturated carbocycles. The second-order valence-corrected chi connectivity index (χ2v) is 8.55. The van der Waals surface area contributed by atoms with E-state index in [2.05, 4.69) is 34.0 Å². The van der Waals surface area contributed by atoms with Crippen molar-refractivity contribution in [1.29, 1.82) is 0 Å². The summed E-state index contributed by atoms with van der Waals surface area (Å²) in [6.45, 7) is 1.97. The summed E-state index contributed by atoms with van der Waals surface area (Å²) in [5.41, 5.74) is 1.04. The van der Waals surface area contributed by atoms with Crippen molar-refractivity contribution in [2.45, 2.75) is 24.6 Å². The molecule has 2 bridgehead atoms. The smallest absolute Gasteiger partial charge is 0.238 e. The van der Waals surface area contributed by atoms with Crippen LogP contribution in [0, 0.1) is 0 Å². The molecule has 1 aromatic heterocycles. The van der Waals surface area contributed by atoms with E-state index in [4.69, 9.17) is 31.2 Å². The lowest BCUT2D eigenvalue weighted by Crippen LogP contribution is -2.67. The van der Waals surface area contributed by atoms with Crippen LogP contribution in [0.25, 0.3) is 22.2 Å². The highest BCUT2D eigenvalue weighted by Crippen LogP contribution is 2.51. The van der Waals surface area contributed by atoms with E-state index in [-0.39, 0.29) is 12.0 Å². The summed E-state index contributed by atoms with van der Waals surface area (Å²) in [5, 5.41) is 13.7. The Bertz CT molecular complexity index is 1350. The minimum Gasteiger partial charge on any atom is -0.497 e. The first kappa shape index (κ1) is 19.1. The zero-order valence-electron chi connectivity index (χ0n) is 17.5. The van der Waals surface area contributed by atoms with Gasteiger partial charge in [-0.15, -0.1) is 0 Å². The van der Waals surface area contributed by atoms with Crippen molar-refractivity contribution in [1.82, 2.24) is 20.8 Å². The topological polar surface area (TPSA) is 81.4 Å². The molecule has 7 nitrogen and oxygen atoms in total. The Hall–Kier alpha value is -3.65. The van der Waals surface area contributed by atoms with Crippen molar-refractivity contribution in [3.05, 3.63) is 72.1 Å². The molecule has 0 amide bonds. The maximum Gasteiger partial charge on any atom is 0.238 e. The van der Waals surface area contributed by atoms with Gasteiger partial charge >= 0.3 is 0 Å². The van der Waals surface area contributed by atoms with Crippen LogP contribution in [0.4, 0.5) is 0 Å². The van der Waals surface area contributed by atoms with E-state index in [9.17, 15) is 0 Å². The van der Waals surface area contributed by atoms with E-state index in [0.717, 1.165) is 33.4 Å². The van der Waals surface area contributed by atoms with Crippen LogP contribution in [0.1, 0.15) is 30.3 Å². The summed E-state index contributed by atoms with van der Waals surface area (Å²) in [4.78, 5) is 4.74. The number of fused-ring (bicyclic) bond motifs is 6. The van der Waals surface area contributed by atoms with Crippen molar-refractivity contribution in [3.8, 4) is 22.9 Å². The molecule has 32 heavy (non-hydrogen) atoms. The maximum absolute atomic E-state index is 6.50. The summed E-state index contributed by atoms with van der Waals surface area (Å²) < 4.78 is 17.5. The van der Waals surface area contributed by atoms with Gasteiger partial charge in [0.25, 0.3) is 0 Å². The van der Waals surface area contributed by atoms with Gasteiger partial charge in [-0.25, -0.2) is 0 Å². The van der Waals surface area contributed by atoms with Crippen LogP contribution in [0.3, 0.4) is 0 Å². The molecular weight excluding hydrogens is 424 g/mol. The van der Waals surface area contributed by atoms with Gasteiger partial charge in [0.15, 0.2) is 10.8 Å². The predicted molar refractivity (Wildman–Crippen MR) is 124 cm³/mol. The van der Waals surface area contributed by atoms with E-state index in [1.807, 2.05) is 49.4 Å². The summed E-state index contributed by atoms with van der Waals surface area (Å²) in [6, 6.07) is 19.7.